The molecule has 106 valence electrons. The number of phenols is 1. The van der Waals surface area contributed by atoms with Gasteiger partial charge >= 0.3 is 0 Å². The Hall–Kier alpha value is -1.77. The Bertz CT molecular complexity index is 586. The molecule has 3 heteroatoms. The molecule has 1 aromatic carbocycles. The number of allylic oxidation sites excluding steroid dienone is 1. The van der Waals surface area contributed by atoms with Crippen LogP contribution in [0.5, 0.6) is 5.75 Å². The molecule has 0 spiro atoms. The quantitative estimate of drug-likeness (QED) is 0.636. The first-order chi connectivity index (χ1) is 9.36. The number of phenolic OH excluding ortho intramolecular Hbond substituents is 1. The molecule has 0 aliphatic heterocycles. The number of hydrogen-bond acceptors (Lipinski definition) is 3. The number of rotatable bonds is 2. The lowest BCUT2D eigenvalue weighted by Gasteiger charge is -2.31. The van der Waals surface area contributed by atoms with Gasteiger partial charge in [0.2, 0.25) is 0 Å². The first kappa shape index (κ1) is 13.2. The molecule has 0 radical (unpaired) electrons. The van der Waals surface area contributed by atoms with E-state index in [0.29, 0.717) is 11.7 Å². The molecule has 0 heterocycles. The molecule has 2 bridgehead atoms. The summed E-state index contributed by atoms with van der Waals surface area (Å²) in [6.45, 7) is 6.53. The van der Waals surface area contributed by atoms with E-state index in [2.05, 4.69) is 26.1 Å². The van der Waals surface area contributed by atoms with Crippen LogP contribution in [0.25, 0.3) is 0 Å². The predicted molar refractivity (Wildman–Crippen MR) is 79.4 cm³/mol. The molecule has 0 aromatic heterocycles. The van der Waals surface area contributed by atoms with Crippen LogP contribution in [0.2, 0.25) is 0 Å². The average molecular weight is 271 g/mol. The van der Waals surface area contributed by atoms with E-state index in [1.807, 2.05) is 6.20 Å². The van der Waals surface area contributed by atoms with Crippen molar-refractivity contribution in [2.75, 3.05) is 5.32 Å². The molecule has 0 saturated heterocycles. The van der Waals surface area contributed by atoms with Crippen molar-refractivity contribution < 1.29 is 9.90 Å². The molecule has 2 N–H and O–H groups in total. The summed E-state index contributed by atoms with van der Waals surface area (Å²) >= 11 is 0. The Labute approximate surface area is 119 Å². The highest BCUT2D eigenvalue weighted by Crippen LogP contribution is 2.65. The van der Waals surface area contributed by atoms with Crippen molar-refractivity contribution in [3.63, 3.8) is 0 Å². The summed E-state index contributed by atoms with van der Waals surface area (Å²) in [5.41, 5.74) is 1.65. The topological polar surface area (TPSA) is 49.3 Å². The van der Waals surface area contributed by atoms with Gasteiger partial charge in [0, 0.05) is 22.9 Å². The fourth-order valence-electron chi connectivity index (χ4n) is 3.81. The number of nitrogens with one attached hydrogen (secondary N) is 1. The van der Waals surface area contributed by atoms with Crippen molar-refractivity contribution in [1.82, 2.24) is 0 Å². The van der Waals surface area contributed by atoms with E-state index < -0.39 is 0 Å². The molecule has 0 amide bonds. The van der Waals surface area contributed by atoms with Gasteiger partial charge in [0.05, 0.1) is 0 Å². The van der Waals surface area contributed by atoms with Gasteiger partial charge in [-0.1, -0.05) is 20.8 Å². The normalized spacial score (nSPS) is 32.9. The molecular formula is C17H21NO2. The van der Waals surface area contributed by atoms with Crippen LogP contribution in [-0.2, 0) is 4.79 Å². The molecule has 2 atom stereocenters. The van der Waals surface area contributed by atoms with Gasteiger partial charge in [-0.25, -0.2) is 0 Å². The average Bonchev–Trinajstić information content (AvgIpc) is 2.71. The number of anilines is 1. The van der Waals surface area contributed by atoms with Gasteiger partial charge in [-0.2, -0.15) is 0 Å². The van der Waals surface area contributed by atoms with Crippen molar-refractivity contribution in [1.29, 1.82) is 0 Å². The van der Waals surface area contributed by atoms with Crippen LogP contribution in [-0.4, -0.2) is 10.9 Å². The molecule has 2 unspecified atom stereocenters. The van der Waals surface area contributed by atoms with Gasteiger partial charge in [0.1, 0.15) is 5.75 Å². The van der Waals surface area contributed by atoms with Crippen molar-refractivity contribution >= 4 is 11.5 Å². The summed E-state index contributed by atoms with van der Waals surface area (Å²) in [5, 5.41) is 12.5. The summed E-state index contributed by atoms with van der Waals surface area (Å²) in [5.74, 6) is 0.891. The molecule has 1 aromatic rings. The van der Waals surface area contributed by atoms with Gasteiger partial charge in [0.25, 0.3) is 0 Å². The third kappa shape index (κ3) is 1.62. The molecule has 2 fully saturated rings. The smallest absolute Gasteiger partial charge is 0.167 e. The van der Waals surface area contributed by atoms with Crippen molar-refractivity contribution in [2.24, 2.45) is 16.7 Å². The SMILES string of the molecule is CC12CCC(C(=CNc3ccc(O)cc3)C1=O)C2(C)C. The van der Waals surface area contributed by atoms with Crippen molar-refractivity contribution in [2.45, 2.75) is 33.6 Å². The predicted octanol–water partition coefficient (Wildman–Crippen LogP) is 3.71. The lowest BCUT2D eigenvalue weighted by Crippen LogP contribution is -2.32. The number of fused-ring (bicyclic) bond motifs is 2. The minimum Gasteiger partial charge on any atom is -0.508 e. The Morgan fingerprint density at radius 3 is 2.45 bits per heavy atom. The minimum atomic E-state index is -0.208. The summed E-state index contributed by atoms with van der Waals surface area (Å²) in [4.78, 5) is 12.6. The highest BCUT2D eigenvalue weighted by Gasteiger charge is 2.63. The van der Waals surface area contributed by atoms with E-state index in [4.69, 9.17) is 0 Å². The minimum absolute atomic E-state index is 0.0482. The largest absolute Gasteiger partial charge is 0.508 e. The maximum absolute atomic E-state index is 12.6. The zero-order valence-corrected chi connectivity index (χ0v) is 12.2. The van der Waals surface area contributed by atoms with Crippen LogP contribution < -0.4 is 5.32 Å². The first-order valence-corrected chi connectivity index (χ1v) is 7.17. The zero-order chi connectivity index (χ0) is 14.5. The summed E-state index contributed by atoms with van der Waals surface area (Å²) in [6.07, 6.45) is 3.96. The van der Waals surface area contributed by atoms with Crippen LogP contribution >= 0.6 is 0 Å². The van der Waals surface area contributed by atoms with Crippen molar-refractivity contribution in [3.05, 3.63) is 36.0 Å². The van der Waals surface area contributed by atoms with E-state index in [1.165, 1.54) is 0 Å². The monoisotopic (exact) mass is 271 g/mol. The number of carbonyl (C=O) groups is 1. The third-order valence-electron chi connectivity index (χ3n) is 5.63. The van der Waals surface area contributed by atoms with Gasteiger partial charge in [-0.05, 0) is 48.4 Å². The lowest BCUT2D eigenvalue weighted by atomic mass is 9.70. The summed E-state index contributed by atoms with van der Waals surface area (Å²) < 4.78 is 0. The second-order valence-corrected chi connectivity index (χ2v) is 6.77. The van der Waals surface area contributed by atoms with E-state index in [-0.39, 0.29) is 16.6 Å². The van der Waals surface area contributed by atoms with Crippen molar-refractivity contribution in [3.8, 4) is 5.75 Å². The molecule has 3 nitrogen and oxygen atoms in total. The van der Waals surface area contributed by atoms with E-state index >= 15 is 0 Å². The molecule has 2 aliphatic carbocycles. The van der Waals surface area contributed by atoms with Gasteiger partial charge in [-0.15, -0.1) is 0 Å². The molecule has 2 saturated carbocycles. The molecule has 20 heavy (non-hydrogen) atoms. The lowest BCUT2D eigenvalue weighted by molar-refractivity contribution is -0.125. The molecule has 3 rings (SSSR count). The highest BCUT2D eigenvalue weighted by atomic mass is 16.3. The Morgan fingerprint density at radius 1 is 1.25 bits per heavy atom. The number of hydrogen-bond donors (Lipinski definition) is 2. The number of ketones is 1. The van der Waals surface area contributed by atoms with Crippen LogP contribution in [0, 0.1) is 16.7 Å². The number of Topliss-reactive ketones (excluding diaryl/α,β-unsaturated/α-hetero) is 1. The third-order valence-corrected chi connectivity index (χ3v) is 5.63. The van der Waals surface area contributed by atoms with Gasteiger partial charge in [0.15, 0.2) is 5.78 Å². The number of carbonyl (C=O) groups excluding carboxylic acids is 1. The Morgan fingerprint density at radius 2 is 1.90 bits per heavy atom. The van der Waals surface area contributed by atoms with Gasteiger partial charge in [-0.3, -0.25) is 4.79 Å². The van der Waals surface area contributed by atoms with Crippen LogP contribution in [0.15, 0.2) is 36.0 Å². The van der Waals surface area contributed by atoms with E-state index in [0.717, 1.165) is 24.1 Å². The summed E-state index contributed by atoms with van der Waals surface area (Å²) in [7, 11) is 0. The number of benzene rings is 1. The van der Waals surface area contributed by atoms with Crippen LogP contribution in [0.3, 0.4) is 0 Å². The second-order valence-electron chi connectivity index (χ2n) is 6.77. The first-order valence-electron chi connectivity index (χ1n) is 7.17. The fourth-order valence-corrected chi connectivity index (χ4v) is 3.81. The standard InChI is InChI=1S/C17H21NO2/c1-16(2)14-8-9-17(16,3)15(20)13(14)10-18-11-4-6-12(19)7-5-11/h4-7,10,14,18-19H,8-9H2,1-3H3. The maximum Gasteiger partial charge on any atom is 0.167 e. The zero-order valence-electron chi connectivity index (χ0n) is 12.2. The van der Waals surface area contributed by atoms with Crippen LogP contribution in [0.4, 0.5) is 5.69 Å². The molecular weight excluding hydrogens is 250 g/mol. The van der Waals surface area contributed by atoms with E-state index in [9.17, 15) is 9.90 Å². The summed E-state index contributed by atoms with van der Waals surface area (Å²) in [6, 6.07) is 6.87. The Kier molecular flexibility index (Phi) is 2.72. The van der Waals surface area contributed by atoms with Crippen LogP contribution in [0.1, 0.15) is 33.6 Å². The molecule has 2 aliphatic rings. The Balaban J connectivity index is 1.87. The highest BCUT2D eigenvalue weighted by molar-refractivity contribution is 6.04. The maximum atomic E-state index is 12.6. The van der Waals surface area contributed by atoms with E-state index in [1.54, 1.807) is 24.3 Å². The second kappa shape index (κ2) is 4.11. The number of aromatic hydroxyl groups is 1. The van der Waals surface area contributed by atoms with Gasteiger partial charge < -0.3 is 10.4 Å². The fraction of sp³-hybridized carbons (Fsp3) is 0.471.